The van der Waals surface area contributed by atoms with Crippen molar-refractivity contribution in [3.8, 4) is 0 Å². The molecular weight excluding hydrogens is 194 g/mol. The SMILES string of the molecule is CCCNC(CCCCN)C(=O)N=C=O. The van der Waals surface area contributed by atoms with Gasteiger partial charge in [-0.2, -0.15) is 0 Å². The Labute approximate surface area is 90.1 Å². The molecule has 5 heteroatoms. The lowest BCUT2D eigenvalue weighted by Gasteiger charge is -2.13. The molecule has 0 bridgehead atoms. The van der Waals surface area contributed by atoms with Crippen molar-refractivity contribution >= 4 is 12.0 Å². The zero-order valence-corrected chi connectivity index (χ0v) is 9.16. The molecular formula is C10H19N3O2. The minimum atomic E-state index is -0.435. The quantitative estimate of drug-likeness (QED) is 0.346. The van der Waals surface area contributed by atoms with E-state index in [1.165, 1.54) is 6.08 Å². The van der Waals surface area contributed by atoms with E-state index in [0.717, 1.165) is 25.8 Å². The fraction of sp³-hybridized carbons (Fsp3) is 0.800. The van der Waals surface area contributed by atoms with Gasteiger partial charge < -0.3 is 11.1 Å². The van der Waals surface area contributed by atoms with Crippen molar-refractivity contribution in [2.75, 3.05) is 13.1 Å². The second-order valence-electron chi connectivity index (χ2n) is 3.33. The molecule has 0 spiro atoms. The number of rotatable bonds is 8. The van der Waals surface area contributed by atoms with Crippen molar-refractivity contribution in [3.63, 3.8) is 0 Å². The summed E-state index contributed by atoms with van der Waals surface area (Å²) in [6.45, 7) is 3.37. The molecule has 1 unspecified atom stereocenters. The van der Waals surface area contributed by atoms with E-state index in [9.17, 15) is 9.59 Å². The van der Waals surface area contributed by atoms with Gasteiger partial charge in [-0.25, -0.2) is 4.79 Å². The summed E-state index contributed by atoms with van der Waals surface area (Å²) in [7, 11) is 0. The Balaban J connectivity index is 4.04. The van der Waals surface area contributed by atoms with E-state index < -0.39 is 5.91 Å². The summed E-state index contributed by atoms with van der Waals surface area (Å²) in [6, 6.07) is -0.363. The predicted molar refractivity (Wildman–Crippen MR) is 58.1 cm³/mol. The highest BCUT2D eigenvalue weighted by molar-refractivity contribution is 5.86. The molecule has 0 fully saturated rings. The lowest BCUT2D eigenvalue weighted by atomic mass is 10.1. The van der Waals surface area contributed by atoms with Crippen molar-refractivity contribution < 1.29 is 9.59 Å². The summed E-state index contributed by atoms with van der Waals surface area (Å²) in [5, 5.41) is 3.05. The van der Waals surface area contributed by atoms with Crippen LogP contribution in [-0.2, 0) is 9.59 Å². The fourth-order valence-electron chi connectivity index (χ4n) is 1.25. The normalized spacial score (nSPS) is 11.9. The van der Waals surface area contributed by atoms with Crippen LogP contribution in [0.15, 0.2) is 4.99 Å². The third-order valence-electron chi connectivity index (χ3n) is 2.04. The molecule has 0 aliphatic rings. The lowest BCUT2D eigenvalue weighted by Crippen LogP contribution is -2.36. The van der Waals surface area contributed by atoms with Gasteiger partial charge in [-0.3, -0.25) is 4.79 Å². The first-order valence-corrected chi connectivity index (χ1v) is 5.31. The molecule has 15 heavy (non-hydrogen) atoms. The third kappa shape index (κ3) is 6.96. The molecule has 5 nitrogen and oxygen atoms in total. The molecule has 0 aromatic heterocycles. The second kappa shape index (κ2) is 9.52. The zero-order valence-electron chi connectivity index (χ0n) is 9.16. The van der Waals surface area contributed by atoms with Crippen LogP contribution in [0.3, 0.4) is 0 Å². The largest absolute Gasteiger partial charge is 0.330 e. The molecule has 0 rings (SSSR count). The van der Waals surface area contributed by atoms with Crippen LogP contribution in [0.5, 0.6) is 0 Å². The molecule has 1 amide bonds. The molecule has 1 atom stereocenters. The van der Waals surface area contributed by atoms with Gasteiger partial charge in [0.25, 0.3) is 5.91 Å². The Bertz CT molecular complexity index is 225. The average Bonchev–Trinajstić information content (AvgIpc) is 2.23. The summed E-state index contributed by atoms with van der Waals surface area (Å²) >= 11 is 0. The predicted octanol–water partition coefficient (Wildman–Crippen LogP) is 0.346. The molecule has 3 N–H and O–H groups in total. The monoisotopic (exact) mass is 213 g/mol. The zero-order chi connectivity index (χ0) is 11.5. The van der Waals surface area contributed by atoms with E-state index in [1.54, 1.807) is 0 Å². The van der Waals surface area contributed by atoms with Gasteiger partial charge in [0.2, 0.25) is 6.08 Å². The van der Waals surface area contributed by atoms with Crippen molar-refractivity contribution in [1.29, 1.82) is 0 Å². The Morgan fingerprint density at radius 3 is 2.80 bits per heavy atom. The summed E-state index contributed by atoms with van der Waals surface area (Å²) in [5.41, 5.74) is 5.36. The van der Waals surface area contributed by atoms with Crippen LogP contribution in [0.1, 0.15) is 32.6 Å². The molecule has 0 aromatic carbocycles. The van der Waals surface area contributed by atoms with Crippen LogP contribution < -0.4 is 11.1 Å². The number of carbonyl (C=O) groups is 1. The molecule has 0 heterocycles. The van der Waals surface area contributed by atoms with Crippen molar-refractivity contribution in [2.24, 2.45) is 10.7 Å². The van der Waals surface area contributed by atoms with Crippen molar-refractivity contribution in [3.05, 3.63) is 0 Å². The van der Waals surface area contributed by atoms with E-state index in [2.05, 4.69) is 10.3 Å². The molecule has 0 radical (unpaired) electrons. The van der Waals surface area contributed by atoms with Crippen LogP contribution in [0.4, 0.5) is 0 Å². The maximum absolute atomic E-state index is 11.3. The first-order chi connectivity index (χ1) is 7.26. The van der Waals surface area contributed by atoms with E-state index in [1.807, 2.05) is 6.92 Å². The number of nitrogens with zero attached hydrogens (tertiary/aromatic N) is 1. The van der Waals surface area contributed by atoms with Gasteiger partial charge in [0.1, 0.15) is 0 Å². The molecule has 0 saturated heterocycles. The number of amides is 1. The van der Waals surface area contributed by atoms with Crippen LogP contribution >= 0.6 is 0 Å². The highest BCUT2D eigenvalue weighted by Gasteiger charge is 2.15. The number of isocyanates is 1. The second-order valence-corrected chi connectivity index (χ2v) is 3.33. The number of nitrogens with two attached hydrogens (primary N) is 1. The van der Waals surface area contributed by atoms with E-state index >= 15 is 0 Å². The Morgan fingerprint density at radius 2 is 2.27 bits per heavy atom. The number of aliphatic imine (C=N–C) groups is 1. The smallest absolute Gasteiger partial charge is 0.273 e. The van der Waals surface area contributed by atoms with Gasteiger partial charge in [-0.05, 0) is 32.4 Å². The van der Waals surface area contributed by atoms with Crippen molar-refractivity contribution in [2.45, 2.75) is 38.6 Å². The van der Waals surface area contributed by atoms with Gasteiger partial charge in [-0.1, -0.05) is 13.3 Å². The van der Waals surface area contributed by atoms with Crippen LogP contribution in [0, 0.1) is 0 Å². The number of carbonyl (C=O) groups excluding carboxylic acids is 2. The Kier molecular flexibility index (Phi) is 8.87. The maximum atomic E-state index is 11.3. The lowest BCUT2D eigenvalue weighted by molar-refractivity contribution is -0.119. The summed E-state index contributed by atoms with van der Waals surface area (Å²) < 4.78 is 0. The minimum Gasteiger partial charge on any atom is -0.330 e. The third-order valence-corrected chi connectivity index (χ3v) is 2.04. The highest BCUT2D eigenvalue weighted by atomic mass is 16.2. The van der Waals surface area contributed by atoms with E-state index in [0.29, 0.717) is 13.0 Å². The fourth-order valence-corrected chi connectivity index (χ4v) is 1.25. The number of nitrogens with one attached hydrogen (secondary N) is 1. The molecule has 86 valence electrons. The van der Waals surface area contributed by atoms with Crippen LogP contribution in [0.25, 0.3) is 0 Å². The molecule has 0 saturated carbocycles. The molecule has 0 aromatic rings. The van der Waals surface area contributed by atoms with Crippen LogP contribution in [-0.4, -0.2) is 31.1 Å². The van der Waals surface area contributed by atoms with E-state index in [-0.39, 0.29) is 6.04 Å². The highest BCUT2D eigenvalue weighted by Crippen LogP contribution is 2.02. The number of unbranched alkanes of at least 4 members (excludes halogenated alkanes) is 1. The standard InChI is InChI=1S/C10H19N3O2/c1-2-7-12-9(5-3-4-6-11)10(15)13-8-14/h9,12H,2-7,11H2,1H3. The minimum absolute atomic E-state index is 0.363. The average molecular weight is 213 g/mol. The molecule has 0 aliphatic heterocycles. The van der Waals surface area contributed by atoms with Crippen molar-refractivity contribution in [1.82, 2.24) is 5.32 Å². The first-order valence-electron chi connectivity index (χ1n) is 5.31. The van der Waals surface area contributed by atoms with Gasteiger partial charge in [-0.15, -0.1) is 4.99 Å². The summed E-state index contributed by atoms with van der Waals surface area (Å²) in [4.78, 5) is 24.4. The summed E-state index contributed by atoms with van der Waals surface area (Å²) in [5.74, 6) is -0.435. The van der Waals surface area contributed by atoms with Crippen LogP contribution in [0.2, 0.25) is 0 Å². The maximum Gasteiger partial charge on any atom is 0.273 e. The van der Waals surface area contributed by atoms with Gasteiger partial charge >= 0.3 is 0 Å². The Morgan fingerprint density at radius 1 is 1.53 bits per heavy atom. The van der Waals surface area contributed by atoms with Gasteiger partial charge in [0.15, 0.2) is 0 Å². The molecule has 0 aliphatic carbocycles. The first kappa shape index (κ1) is 14.0. The summed E-state index contributed by atoms with van der Waals surface area (Å²) in [6.07, 6.45) is 4.62. The number of hydrogen-bond acceptors (Lipinski definition) is 4. The topological polar surface area (TPSA) is 84.5 Å². The van der Waals surface area contributed by atoms with Gasteiger partial charge in [0.05, 0.1) is 6.04 Å². The van der Waals surface area contributed by atoms with Gasteiger partial charge in [0, 0.05) is 0 Å². The number of hydrogen-bond donors (Lipinski definition) is 2. The van der Waals surface area contributed by atoms with E-state index in [4.69, 9.17) is 5.73 Å². The Hall–Kier alpha value is -1.03.